The van der Waals surface area contributed by atoms with Crippen molar-refractivity contribution in [2.24, 2.45) is 0 Å². The molecule has 0 bridgehead atoms. The number of nitrogens with zero attached hydrogens (tertiary/aromatic N) is 1. The molecule has 1 atom stereocenters. The van der Waals surface area contributed by atoms with Gasteiger partial charge in [-0.25, -0.2) is 0 Å². The molecule has 2 heterocycles. The lowest BCUT2D eigenvalue weighted by molar-refractivity contribution is -0.119. The highest BCUT2D eigenvalue weighted by Crippen LogP contribution is 2.08. The van der Waals surface area contributed by atoms with Gasteiger partial charge in [0.1, 0.15) is 6.26 Å². The molecule has 2 rings (SSSR count). The van der Waals surface area contributed by atoms with Crippen LogP contribution in [0.4, 0.5) is 6.01 Å². The van der Waals surface area contributed by atoms with Gasteiger partial charge in [0.15, 0.2) is 0 Å². The van der Waals surface area contributed by atoms with Crippen molar-refractivity contribution in [3.63, 3.8) is 0 Å². The number of amides is 1. The largest absolute Gasteiger partial charge is 0.432 e. The fourth-order valence-corrected chi connectivity index (χ4v) is 1.54. The molecule has 6 nitrogen and oxygen atoms in total. The number of oxazole rings is 1. The minimum absolute atomic E-state index is 0.0650. The molecule has 0 saturated carbocycles. The van der Waals surface area contributed by atoms with Crippen molar-refractivity contribution in [1.29, 1.82) is 0 Å². The predicted molar refractivity (Wildman–Crippen MR) is 57.1 cm³/mol. The molecule has 2 N–H and O–H groups in total. The molecule has 1 aromatic rings. The van der Waals surface area contributed by atoms with E-state index in [0.29, 0.717) is 19.6 Å². The van der Waals surface area contributed by atoms with Crippen molar-refractivity contribution in [3.8, 4) is 0 Å². The van der Waals surface area contributed by atoms with Crippen molar-refractivity contribution in [1.82, 2.24) is 10.3 Å². The average molecular weight is 225 g/mol. The molecule has 88 valence electrons. The van der Waals surface area contributed by atoms with Gasteiger partial charge in [-0.05, 0) is 6.92 Å². The summed E-state index contributed by atoms with van der Waals surface area (Å²) in [6.07, 6.45) is 1.74. The summed E-state index contributed by atoms with van der Waals surface area (Å²) in [5.74, 6) is -0.143. The van der Waals surface area contributed by atoms with E-state index in [1.807, 2.05) is 0 Å². The summed E-state index contributed by atoms with van der Waals surface area (Å²) >= 11 is 0. The highest BCUT2D eigenvalue weighted by Gasteiger charge is 2.18. The Labute approximate surface area is 93.4 Å². The molecule has 1 saturated heterocycles. The Balaban J connectivity index is 1.79. The maximum absolute atomic E-state index is 11.6. The minimum Gasteiger partial charge on any atom is -0.432 e. The normalized spacial score (nSPS) is 20.7. The first-order chi connectivity index (χ1) is 7.74. The van der Waals surface area contributed by atoms with Crippen LogP contribution in [0.1, 0.15) is 12.1 Å². The number of nitrogens with one attached hydrogen (secondary N) is 2. The first-order valence-corrected chi connectivity index (χ1v) is 5.28. The van der Waals surface area contributed by atoms with Crippen LogP contribution in [0, 0.1) is 6.92 Å². The van der Waals surface area contributed by atoms with Gasteiger partial charge >= 0.3 is 6.01 Å². The second kappa shape index (κ2) is 5.09. The molecule has 1 unspecified atom stereocenters. The Bertz CT molecular complexity index is 358. The van der Waals surface area contributed by atoms with Gasteiger partial charge in [-0.15, -0.1) is 0 Å². The van der Waals surface area contributed by atoms with Gasteiger partial charge < -0.3 is 14.5 Å². The number of carbonyl (C=O) groups is 1. The number of ether oxygens (including phenoxy) is 1. The molecule has 0 radical (unpaired) electrons. The molecule has 0 aliphatic carbocycles. The highest BCUT2D eigenvalue weighted by atomic mass is 16.5. The summed E-state index contributed by atoms with van der Waals surface area (Å²) in [4.78, 5) is 15.6. The van der Waals surface area contributed by atoms with Crippen LogP contribution in [0.25, 0.3) is 0 Å². The molecule has 16 heavy (non-hydrogen) atoms. The number of aryl methyl sites for hydroxylation is 1. The third-order valence-electron chi connectivity index (χ3n) is 2.28. The number of hydrogen-bond acceptors (Lipinski definition) is 5. The number of morpholine rings is 1. The van der Waals surface area contributed by atoms with Gasteiger partial charge in [0.25, 0.3) is 0 Å². The summed E-state index contributed by atoms with van der Waals surface area (Å²) in [6.45, 7) is 4.00. The summed E-state index contributed by atoms with van der Waals surface area (Å²) in [6, 6.07) is 0.242. The first-order valence-electron chi connectivity index (χ1n) is 5.28. The van der Waals surface area contributed by atoms with Crippen LogP contribution in [0.3, 0.4) is 0 Å². The van der Waals surface area contributed by atoms with Crippen molar-refractivity contribution in [3.05, 3.63) is 12.0 Å². The van der Waals surface area contributed by atoms with Crippen LogP contribution in [-0.2, 0) is 9.53 Å². The lowest BCUT2D eigenvalue weighted by Gasteiger charge is -2.22. The molecular formula is C10H15N3O3. The van der Waals surface area contributed by atoms with E-state index >= 15 is 0 Å². The summed E-state index contributed by atoms with van der Waals surface area (Å²) in [5, 5.41) is 5.75. The molecule has 0 aromatic carbocycles. The Morgan fingerprint density at radius 1 is 1.75 bits per heavy atom. The second-order valence-corrected chi connectivity index (χ2v) is 3.74. The van der Waals surface area contributed by atoms with E-state index < -0.39 is 0 Å². The molecule has 1 fully saturated rings. The third-order valence-corrected chi connectivity index (χ3v) is 2.28. The van der Waals surface area contributed by atoms with E-state index in [1.54, 1.807) is 6.92 Å². The zero-order valence-corrected chi connectivity index (χ0v) is 9.16. The van der Waals surface area contributed by atoms with Gasteiger partial charge in [0.05, 0.1) is 24.8 Å². The smallest absolute Gasteiger partial charge is 0.301 e. The van der Waals surface area contributed by atoms with Crippen LogP contribution < -0.4 is 10.6 Å². The van der Waals surface area contributed by atoms with Crippen molar-refractivity contribution < 1.29 is 13.9 Å². The van der Waals surface area contributed by atoms with E-state index in [0.717, 1.165) is 12.2 Å². The molecule has 6 heteroatoms. The summed E-state index contributed by atoms with van der Waals surface area (Å²) in [5.41, 5.74) is 0.742. The average Bonchev–Trinajstić information content (AvgIpc) is 2.65. The Hall–Kier alpha value is -1.40. The van der Waals surface area contributed by atoms with Gasteiger partial charge in [-0.1, -0.05) is 0 Å². The van der Waals surface area contributed by atoms with Gasteiger partial charge in [-0.2, -0.15) is 4.98 Å². The van der Waals surface area contributed by atoms with Crippen LogP contribution in [0.15, 0.2) is 10.7 Å². The molecule has 1 aromatic heterocycles. The quantitative estimate of drug-likeness (QED) is 0.773. The maximum Gasteiger partial charge on any atom is 0.301 e. The van der Waals surface area contributed by atoms with Crippen molar-refractivity contribution in [2.45, 2.75) is 19.4 Å². The number of hydrogen-bond donors (Lipinski definition) is 2. The molecule has 0 spiro atoms. The maximum atomic E-state index is 11.6. The fourth-order valence-electron chi connectivity index (χ4n) is 1.54. The van der Waals surface area contributed by atoms with Crippen LogP contribution in [0.2, 0.25) is 0 Å². The third kappa shape index (κ3) is 3.04. The standard InChI is InChI=1S/C10H15N3O3/c1-7-6-16-10(12-7)13-9(14)4-8-5-11-2-3-15-8/h6,8,11H,2-5H2,1H3,(H,12,13,14). The fraction of sp³-hybridized carbons (Fsp3) is 0.600. The van der Waals surface area contributed by atoms with E-state index in [-0.39, 0.29) is 18.0 Å². The van der Waals surface area contributed by atoms with E-state index in [9.17, 15) is 4.79 Å². The lowest BCUT2D eigenvalue weighted by atomic mass is 10.2. The van der Waals surface area contributed by atoms with Crippen molar-refractivity contribution >= 4 is 11.9 Å². The predicted octanol–water partition coefficient (Wildman–Crippen LogP) is 0.300. The Kier molecular flexibility index (Phi) is 3.53. The molecule has 1 aliphatic rings. The zero-order chi connectivity index (χ0) is 11.4. The van der Waals surface area contributed by atoms with E-state index in [4.69, 9.17) is 9.15 Å². The van der Waals surface area contributed by atoms with Gasteiger partial charge in [-0.3, -0.25) is 10.1 Å². The first kappa shape index (κ1) is 11.1. The van der Waals surface area contributed by atoms with E-state index in [2.05, 4.69) is 15.6 Å². The molecule has 1 amide bonds. The number of carbonyl (C=O) groups excluding carboxylic acids is 1. The zero-order valence-electron chi connectivity index (χ0n) is 9.16. The number of rotatable bonds is 3. The Morgan fingerprint density at radius 3 is 3.25 bits per heavy atom. The summed E-state index contributed by atoms with van der Waals surface area (Å²) < 4.78 is 10.4. The second-order valence-electron chi connectivity index (χ2n) is 3.74. The van der Waals surface area contributed by atoms with Crippen molar-refractivity contribution in [2.75, 3.05) is 25.0 Å². The summed E-state index contributed by atoms with van der Waals surface area (Å²) in [7, 11) is 0. The van der Waals surface area contributed by atoms with Crippen LogP contribution in [0.5, 0.6) is 0 Å². The molecule has 1 aliphatic heterocycles. The SMILES string of the molecule is Cc1coc(NC(=O)CC2CNCCO2)n1. The lowest BCUT2D eigenvalue weighted by Crippen LogP contribution is -2.40. The van der Waals surface area contributed by atoms with Gasteiger partial charge in [0, 0.05) is 13.1 Å². The van der Waals surface area contributed by atoms with Crippen LogP contribution in [-0.4, -0.2) is 36.7 Å². The molecular weight excluding hydrogens is 210 g/mol. The number of anilines is 1. The topological polar surface area (TPSA) is 76.4 Å². The van der Waals surface area contributed by atoms with Crippen LogP contribution >= 0.6 is 0 Å². The van der Waals surface area contributed by atoms with Gasteiger partial charge in [0.2, 0.25) is 5.91 Å². The van der Waals surface area contributed by atoms with E-state index in [1.165, 1.54) is 6.26 Å². The Morgan fingerprint density at radius 2 is 2.62 bits per heavy atom. The number of aromatic nitrogens is 1. The minimum atomic E-state index is -0.143. The monoisotopic (exact) mass is 225 g/mol. The highest BCUT2D eigenvalue weighted by molar-refractivity contribution is 5.88.